The summed E-state index contributed by atoms with van der Waals surface area (Å²) in [5.41, 5.74) is 4.51. The summed E-state index contributed by atoms with van der Waals surface area (Å²) in [4.78, 5) is 26.1. The predicted octanol–water partition coefficient (Wildman–Crippen LogP) is 5.75. The third-order valence-electron chi connectivity index (χ3n) is 5.74. The summed E-state index contributed by atoms with van der Waals surface area (Å²) in [5.74, 6) is -0.906. The minimum absolute atomic E-state index is 0.0481. The number of carbonyl (C=O) groups excluding carboxylic acids is 2. The zero-order chi connectivity index (χ0) is 22.0. The third-order valence-corrected chi connectivity index (χ3v) is 6.48. The number of nitrogens with one attached hydrogen (secondary N) is 1. The van der Waals surface area contributed by atoms with Crippen molar-refractivity contribution >= 4 is 35.0 Å². The molecule has 0 saturated carbocycles. The van der Waals surface area contributed by atoms with E-state index in [1.165, 1.54) is 0 Å². The fourth-order valence-electron chi connectivity index (χ4n) is 4.26. The normalized spacial score (nSPS) is 18.5. The average Bonchev–Trinajstić information content (AvgIpc) is 2.75. The van der Waals surface area contributed by atoms with Gasteiger partial charge in [-0.05, 0) is 43.0 Å². The number of ketones is 1. The van der Waals surface area contributed by atoms with Crippen LogP contribution in [0.4, 0.5) is 0 Å². The summed E-state index contributed by atoms with van der Waals surface area (Å²) in [6, 6.07) is 15.1. The van der Waals surface area contributed by atoms with E-state index in [9.17, 15) is 9.59 Å². The molecule has 0 amide bonds. The van der Waals surface area contributed by atoms with Gasteiger partial charge in [0.2, 0.25) is 0 Å². The van der Waals surface area contributed by atoms with E-state index >= 15 is 0 Å². The molecule has 0 radical (unpaired) electrons. The number of Topliss-reactive ketones (excluding diaryl/α,β-unsaturated/α-hetero) is 1. The van der Waals surface area contributed by atoms with Crippen LogP contribution in [0.3, 0.4) is 0 Å². The van der Waals surface area contributed by atoms with E-state index in [1.54, 1.807) is 12.1 Å². The van der Waals surface area contributed by atoms with Crippen LogP contribution < -0.4 is 5.32 Å². The Morgan fingerprint density at radius 3 is 2.61 bits per heavy atom. The zero-order valence-electron chi connectivity index (χ0n) is 17.2. The number of esters is 1. The second-order valence-electron chi connectivity index (χ2n) is 7.81. The van der Waals surface area contributed by atoms with Gasteiger partial charge in [0.15, 0.2) is 5.78 Å². The summed E-state index contributed by atoms with van der Waals surface area (Å²) >= 11 is 12.4. The number of hydrogen-bond donors (Lipinski definition) is 1. The van der Waals surface area contributed by atoms with E-state index in [2.05, 4.69) is 5.32 Å². The van der Waals surface area contributed by atoms with E-state index < -0.39 is 11.9 Å². The molecule has 160 valence electrons. The van der Waals surface area contributed by atoms with Gasteiger partial charge in [-0.2, -0.15) is 0 Å². The largest absolute Gasteiger partial charge is 0.462 e. The number of benzene rings is 2. The lowest BCUT2D eigenvalue weighted by Crippen LogP contribution is -2.34. The van der Waals surface area contributed by atoms with E-state index in [0.29, 0.717) is 39.7 Å². The zero-order valence-corrected chi connectivity index (χ0v) is 18.7. The van der Waals surface area contributed by atoms with Crippen LogP contribution in [0.5, 0.6) is 0 Å². The van der Waals surface area contributed by atoms with Crippen LogP contribution in [0.1, 0.15) is 43.2 Å². The molecule has 2 aromatic rings. The highest BCUT2D eigenvalue weighted by molar-refractivity contribution is 6.42. The number of halogens is 2. The number of dihydropyridines is 1. The molecule has 4 nitrogen and oxygen atoms in total. The van der Waals surface area contributed by atoms with Crippen LogP contribution in [0.25, 0.3) is 0 Å². The summed E-state index contributed by atoms with van der Waals surface area (Å²) in [5, 5.41) is 4.11. The van der Waals surface area contributed by atoms with Gasteiger partial charge in [0.1, 0.15) is 0 Å². The van der Waals surface area contributed by atoms with Crippen LogP contribution in [-0.2, 0) is 20.7 Å². The van der Waals surface area contributed by atoms with Crippen LogP contribution in [0, 0.1) is 0 Å². The number of allylic oxidation sites excluding steroid dienone is 3. The molecule has 0 aromatic heterocycles. The predicted molar refractivity (Wildman–Crippen MR) is 122 cm³/mol. The molecule has 4 rings (SSSR count). The maximum absolute atomic E-state index is 13.2. The molecule has 0 spiro atoms. The Bertz CT molecular complexity index is 1090. The first-order valence-corrected chi connectivity index (χ1v) is 11.1. The molecule has 0 bridgehead atoms. The van der Waals surface area contributed by atoms with Gasteiger partial charge in [0.25, 0.3) is 0 Å². The van der Waals surface area contributed by atoms with E-state index in [0.717, 1.165) is 29.7 Å². The first-order valence-electron chi connectivity index (χ1n) is 10.4. The van der Waals surface area contributed by atoms with Crippen molar-refractivity contribution in [1.82, 2.24) is 5.32 Å². The molecule has 0 unspecified atom stereocenters. The van der Waals surface area contributed by atoms with Crippen molar-refractivity contribution in [3.05, 3.63) is 92.2 Å². The first kappa shape index (κ1) is 21.7. The van der Waals surface area contributed by atoms with E-state index in [-0.39, 0.29) is 12.4 Å². The summed E-state index contributed by atoms with van der Waals surface area (Å²) in [6.07, 6.45) is 2.65. The van der Waals surface area contributed by atoms with E-state index in [4.69, 9.17) is 27.9 Å². The van der Waals surface area contributed by atoms with E-state index in [1.807, 2.05) is 43.3 Å². The Hall–Kier alpha value is -2.56. The van der Waals surface area contributed by atoms with Gasteiger partial charge in [0.05, 0.1) is 22.2 Å². The quantitative estimate of drug-likeness (QED) is 0.583. The molecule has 2 aliphatic rings. The number of rotatable bonds is 5. The standard InChI is InChI=1S/C25H23Cl2NO3/c1-15-22(25(30)31-13-12-16-6-3-2-4-7-16)23(17-10-11-18(26)19(27)14-17)24-20(28-15)8-5-9-21(24)29/h2-4,6-7,10-11,14,23,28H,5,8-9,12-13H2,1H3/t23-/m0/s1. The molecule has 1 N–H and O–H groups in total. The second kappa shape index (κ2) is 9.29. The molecule has 1 atom stereocenters. The topological polar surface area (TPSA) is 55.4 Å². The van der Waals surface area contributed by atoms with Crippen molar-refractivity contribution in [2.24, 2.45) is 0 Å². The van der Waals surface area contributed by atoms with Gasteiger partial charge in [-0.15, -0.1) is 0 Å². The number of carbonyl (C=O) groups is 2. The molecule has 0 fully saturated rings. The van der Waals surface area contributed by atoms with Gasteiger partial charge in [-0.1, -0.05) is 59.6 Å². The van der Waals surface area contributed by atoms with Crippen LogP contribution in [0.15, 0.2) is 71.1 Å². The van der Waals surface area contributed by atoms with Crippen molar-refractivity contribution in [1.29, 1.82) is 0 Å². The molecule has 6 heteroatoms. The molecule has 1 aliphatic heterocycles. The number of ether oxygens (including phenoxy) is 1. The van der Waals surface area contributed by atoms with Crippen molar-refractivity contribution in [3.8, 4) is 0 Å². The maximum Gasteiger partial charge on any atom is 0.336 e. The minimum atomic E-state index is -0.525. The maximum atomic E-state index is 13.2. The molecule has 2 aromatic carbocycles. The fourth-order valence-corrected chi connectivity index (χ4v) is 4.57. The number of hydrogen-bond acceptors (Lipinski definition) is 4. The van der Waals surface area contributed by atoms with Crippen molar-refractivity contribution in [2.45, 2.75) is 38.5 Å². The highest BCUT2D eigenvalue weighted by Crippen LogP contribution is 2.43. The monoisotopic (exact) mass is 455 g/mol. The van der Waals surface area contributed by atoms with Gasteiger partial charge < -0.3 is 10.1 Å². The second-order valence-corrected chi connectivity index (χ2v) is 8.63. The Labute approximate surface area is 191 Å². The third kappa shape index (κ3) is 4.56. The molecule has 31 heavy (non-hydrogen) atoms. The van der Waals surface area contributed by atoms with Gasteiger partial charge in [0, 0.05) is 35.7 Å². The van der Waals surface area contributed by atoms with Crippen LogP contribution in [0.2, 0.25) is 10.0 Å². The molecular formula is C25H23Cl2NO3. The highest BCUT2D eigenvalue weighted by Gasteiger charge is 2.39. The van der Waals surface area contributed by atoms with Gasteiger partial charge in [-0.3, -0.25) is 4.79 Å². The Kier molecular flexibility index (Phi) is 6.49. The molecule has 1 heterocycles. The SMILES string of the molecule is CC1=C(C(=O)OCCc2ccccc2)[C@H](c2ccc(Cl)c(Cl)c2)C2=C(CCCC2=O)N1. The Morgan fingerprint density at radius 1 is 1.10 bits per heavy atom. The van der Waals surface area contributed by atoms with Gasteiger partial charge >= 0.3 is 5.97 Å². The van der Waals surface area contributed by atoms with Crippen molar-refractivity contribution < 1.29 is 14.3 Å². The fraction of sp³-hybridized carbons (Fsp3) is 0.280. The van der Waals surface area contributed by atoms with Crippen LogP contribution >= 0.6 is 23.2 Å². The van der Waals surface area contributed by atoms with Gasteiger partial charge in [-0.25, -0.2) is 4.79 Å². The summed E-state index contributed by atoms with van der Waals surface area (Å²) in [6.45, 7) is 2.11. The summed E-state index contributed by atoms with van der Waals surface area (Å²) < 4.78 is 5.65. The first-order chi connectivity index (χ1) is 15.0. The van der Waals surface area contributed by atoms with Crippen molar-refractivity contribution in [2.75, 3.05) is 6.61 Å². The van der Waals surface area contributed by atoms with Crippen molar-refractivity contribution in [3.63, 3.8) is 0 Å². The lowest BCUT2D eigenvalue weighted by Gasteiger charge is -2.34. The molecule has 1 aliphatic carbocycles. The summed E-state index contributed by atoms with van der Waals surface area (Å²) in [7, 11) is 0. The smallest absolute Gasteiger partial charge is 0.336 e. The molecule has 0 saturated heterocycles. The lowest BCUT2D eigenvalue weighted by atomic mass is 9.75. The Balaban J connectivity index is 1.66. The van der Waals surface area contributed by atoms with Crippen LogP contribution in [-0.4, -0.2) is 18.4 Å². The molecular weight excluding hydrogens is 433 g/mol. The Morgan fingerprint density at radius 2 is 1.87 bits per heavy atom. The highest BCUT2D eigenvalue weighted by atomic mass is 35.5. The average molecular weight is 456 g/mol. The lowest BCUT2D eigenvalue weighted by molar-refractivity contribution is -0.139. The minimum Gasteiger partial charge on any atom is -0.462 e.